The average Bonchev–Trinajstić information content (AvgIpc) is 3.58. The summed E-state index contributed by atoms with van der Waals surface area (Å²) in [6.07, 6.45) is 4.77. The molecule has 0 saturated carbocycles. The number of hydrogen-bond donors (Lipinski definition) is 2. The number of nitrogens with zero attached hydrogens (tertiary/aromatic N) is 5. The highest BCUT2D eigenvalue weighted by atomic mass is 35.5. The predicted octanol–water partition coefficient (Wildman–Crippen LogP) is 5.47. The van der Waals surface area contributed by atoms with Crippen LogP contribution in [-0.2, 0) is 14.2 Å². The van der Waals surface area contributed by atoms with Gasteiger partial charge in [-0.05, 0) is 50.9 Å². The smallest absolute Gasteiger partial charge is 0.239 e. The molecular formula is C22H28ClN7O3S2. The van der Waals surface area contributed by atoms with Crippen LogP contribution in [0.25, 0.3) is 17.2 Å². The molecule has 0 aliphatic carbocycles. The van der Waals surface area contributed by atoms with Crippen LogP contribution in [0.1, 0.15) is 30.7 Å². The van der Waals surface area contributed by atoms with Crippen LogP contribution in [0.4, 0.5) is 5.95 Å². The number of methoxy groups -OCH3 is 3. The molecule has 13 heteroatoms. The van der Waals surface area contributed by atoms with Gasteiger partial charge in [0.25, 0.3) is 0 Å². The molecule has 0 radical (unpaired) electrons. The fraction of sp³-hybridized carbons (Fsp3) is 0.364. The highest BCUT2D eigenvalue weighted by Crippen LogP contribution is 2.36. The first kappa shape index (κ1) is 26.8. The van der Waals surface area contributed by atoms with Gasteiger partial charge in [0.2, 0.25) is 5.95 Å². The molecule has 35 heavy (non-hydrogen) atoms. The lowest BCUT2D eigenvalue weighted by atomic mass is 10.2. The second kappa shape index (κ2) is 12.2. The number of ether oxygens (including phenoxy) is 3. The SMILES string of the molecule is C=C/C(OC)=C(\C(=C/C)OC)n1c(NSC(C)C(OC)c2ncc(Cl)s2)nnc1-c1cc(C)[nH]n1. The highest BCUT2D eigenvalue weighted by molar-refractivity contribution is 8.01. The van der Waals surface area contributed by atoms with E-state index in [1.165, 1.54) is 23.3 Å². The Morgan fingerprint density at radius 2 is 2.09 bits per heavy atom. The lowest BCUT2D eigenvalue weighted by Crippen LogP contribution is -2.17. The van der Waals surface area contributed by atoms with Crippen molar-refractivity contribution in [2.45, 2.75) is 32.1 Å². The van der Waals surface area contributed by atoms with Gasteiger partial charge in [-0.1, -0.05) is 18.2 Å². The molecule has 0 aliphatic heterocycles. The summed E-state index contributed by atoms with van der Waals surface area (Å²) in [6, 6.07) is 1.88. The normalized spacial score (nSPS) is 14.3. The molecule has 0 saturated heterocycles. The molecule has 2 atom stereocenters. The number of H-pyrrole nitrogens is 1. The Labute approximate surface area is 217 Å². The third-order valence-electron chi connectivity index (χ3n) is 4.93. The molecule has 3 aromatic heterocycles. The Kier molecular flexibility index (Phi) is 9.38. The number of aryl methyl sites for hydroxylation is 1. The van der Waals surface area contributed by atoms with Crippen LogP contribution >= 0.6 is 34.9 Å². The summed E-state index contributed by atoms with van der Waals surface area (Å²) < 4.78 is 22.7. The molecule has 0 aliphatic rings. The minimum atomic E-state index is -0.280. The van der Waals surface area contributed by atoms with Gasteiger partial charge in [-0.25, -0.2) is 4.98 Å². The maximum absolute atomic E-state index is 6.08. The standard InChI is InChI=1S/C22H28ClN7O3S2/c1-8-15(31-5)18(16(9-2)32-6)30-20(14-10-12(3)25-26-14)27-28-22(30)29-35-13(4)19(33-7)21-24-11-17(23)34-21/h8-11,13,19H,1H2,2-7H3,(H,25,26)(H,28,29)/b16-9+,18-15-. The molecule has 2 N–H and O–H groups in total. The maximum atomic E-state index is 6.08. The molecule has 3 aromatic rings. The minimum absolute atomic E-state index is 0.0548. The zero-order valence-corrected chi connectivity index (χ0v) is 22.7. The number of hydrogen-bond acceptors (Lipinski definition) is 10. The van der Waals surface area contributed by atoms with Crippen molar-refractivity contribution in [2.75, 3.05) is 26.1 Å². The van der Waals surface area contributed by atoms with Crippen molar-refractivity contribution in [3.63, 3.8) is 0 Å². The van der Waals surface area contributed by atoms with E-state index in [0.29, 0.717) is 39.0 Å². The summed E-state index contributed by atoms with van der Waals surface area (Å²) in [5.41, 5.74) is 2.06. The Morgan fingerprint density at radius 3 is 2.60 bits per heavy atom. The molecule has 188 valence electrons. The van der Waals surface area contributed by atoms with Crippen LogP contribution < -0.4 is 4.72 Å². The van der Waals surface area contributed by atoms with E-state index in [4.69, 9.17) is 25.8 Å². The fourth-order valence-electron chi connectivity index (χ4n) is 3.33. The van der Waals surface area contributed by atoms with E-state index >= 15 is 0 Å². The number of nitrogens with one attached hydrogen (secondary N) is 2. The molecule has 0 aromatic carbocycles. The highest BCUT2D eigenvalue weighted by Gasteiger charge is 2.27. The summed E-state index contributed by atoms with van der Waals surface area (Å²) in [6.45, 7) is 9.69. The van der Waals surface area contributed by atoms with Gasteiger partial charge in [-0.2, -0.15) is 5.10 Å². The summed E-state index contributed by atoms with van der Waals surface area (Å²) in [5.74, 6) is 1.94. The van der Waals surface area contributed by atoms with E-state index in [1.54, 1.807) is 38.2 Å². The van der Waals surface area contributed by atoms with Gasteiger partial charge in [0, 0.05) is 12.8 Å². The third kappa shape index (κ3) is 5.89. The number of thiazole rings is 1. The van der Waals surface area contributed by atoms with Gasteiger partial charge in [-0.3, -0.25) is 14.4 Å². The lowest BCUT2D eigenvalue weighted by Gasteiger charge is -2.22. The Hall–Kier alpha value is -2.80. The van der Waals surface area contributed by atoms with Crippen LogP contribution in [0.15, 0.2) is 42.5 Å². The van der Waals surface area contributed by atoms with Crippen LogP contribution in [0.3, 0.4) is 0 Å². The number of allylic oxidation sites excluding steroid dienone is 3. The van der Waals surface area contributed by atoms with Gasteiger partial charge in [0.1, 0.15) is 38.4 Å². The Bertz CT molecular complexity index is 1220. The number of anilines is 1. The molecular weight excluding hydrogens is 510 g/mol. The van der Waals surface area contributed by atoms with Gasteiger partial charge in [0.05, 0.1) is 25.7 Å². The monoisotopic (exact) mass is 537 g/mol. The molecule has 0 spiro atoms. The zero-order valence-electron chi connectivity index (χ0n) is 20.3. The first-order valence-corrected chi connectivity index (χ1v) is 12.6. The summed E-state index contributed by atoms with van der Waals surface area (Å²) in [5, 5.41) is 16.9. The largest absolute Gasteiger partial charge is 0.495 e. The maximum Gasteiger partial charge on any atom is 0.239 e. The van der Waals surface area contributed by atoms with Crippen LogP contribution in [0.2, 0.25) is 4.34 Å². The molecule has 0 fully saturated rings. The topological polar surface area (TPSA) is 112 Å². The van der Waals surface area contributed by atoms with Gasteiger partial charge >= 0.3 is 0 Å². The van der Waals surface area contributed by atoms with Crippen LogP contribution in [0.5, 0.6) is 0 Å². The van der Waals surface area contributed by atoms with E-state index in [1.807, 2.05) is 32.9 Å². The van der Waals surface area contributed by atoms with E-state index < -0.39 is 0 Å². The summed E-state index contributed by atoms with van der Waals surface area (Å²) in [7, 11) is 4.79. The predicted molar refractivity (Wildman–Crippen MR) is 141 cm³/mol. The van der Waals surface area contributed by atoms with E-state index in [9.17, 15) is 0 Å². The van der Waals surface area contributed by atoms with E-state index in [0.717, 1.165) is 10.7 Å². The van der Waals surface area contributed by atoms with Crippen molar-refractivity contribution in [3.8, 4) is 11.5 Å². The van der Waals surface area contributed by atoms with Crippen molar-refractivity contribution >= 4 is 46.5 Å². The molecule has 0 amide bonds. The van der Waals surface area contributed by atoms with Gasteiger partial charge in [0.15, 0.2) is 5.82 Å². The minimum Gasteiger partial charge on any atom is -0.495 e. The zero-order chi connectivity index (χ0) is 25.5. The Morgan fingerprint density at radius 1 is 1.31 bits per heavy atom. The van der Waals surface area contributed by atoms with Crippen LogP contribution in [-0.4, -0.2) is 56.5 Å². The number of aromatic amines is 1. The summed E-state index contributed by atoms with van der Waals surface area (Å²) in [4.78, 5) is 4.36. The fourth-order valence-corrected chi connectivity index (χ4v) is 5.32. The van der Waals surface area contributed by atoms with Crippen molar-refractivity contribution in [1.82, 2.24) is 29.9 Å². The first-order chi connectivity index (χ1) is 16.9. The van der Waals surface area contributed by atoms with Gasteiger partial charge < -0.3 is 14.2 Å². The summed E-state index contributed by atoms with van der Waals surface area (Å²) >= 11 is 8.88. The van der Waals surface area contributed by atoms with Crippen molar-refractivity contribution < 1.29 is 14.2 Å². The Balaban J connectivity index is 2.06. The lowest BCUT2D eigenvalue weighted by molar-refractivity contribution is 0.104. The van der Waals surface area contributed by atoms with E-state index in [2.05, 4.69) is 36.7 Å². The molecule has 0 bridgehead atoms. The molecule has 3 heterocycles. The first-order valence-electron chi connectivity index (χ1n) is 10.5. The number of aromatic nitrogens is 6. The molecule has 2 unspecified atom stereocenters. The molecule has 10 nitrogen and oxygen atoms in total. The van der Waals surface area contributed by atoms with Crippen molar-refractivity contribution in [3.05, 3.63) is 57.6 Å². The van der Waals surface area contributed by atoms with Crippen molar-refractivity contribution in [1.29, 1.82) is 0 Å². The van der Waals surface area contributed by atoms with Crippen molar-refractivity contribution in [2.24, 2.45) is 0 Å². The van der Waals surface area contributed by atoms with Gasteiger partial charge in [-0.15, -0.1) is 21.5 Å². The number of halogens is 1. The molecule has 3 rings (SSSR count). The number of rotatable bonds is 12. The van der Waals surface area contributed by atoms with Crippen LogP contribution in [0, 0.1) is 6.92 Å². The average molecular weight is 538 g/mol. The third-order valence-corrected chi connectivity index (χ3v) is 7.03. The quantitative estimate of drug-likeness (QED) is 0.176. The second-order valence-electron chi connectivity index (χ2n) is 7.18. The van der Waals surface area contributed by atoms with E-state index in [-0.39, 0.29) is 11.4 Å². The second-order valence-corrected chi connectivity index (χ2v) is 10.1.